The Balaban J connectivity index is 1.62. The van der Waals surface area contributed by atoms with E-state index >= 15 is 0 Å². The number of anilines is 4. The van der Waals surface area contributed by atoms with Crippen molar-refractivity contribution in [3.63, 3.8) is 0 Å². The number of allylic oxidation sites excluding steroid dienone is 4. The van der Waals surface area contributed by atoms with Crippen LogP contribution in [0.5, 0.6) is 0 Å². The number of ether oxygens (including phenoxy) is 1. The highest BCUT2D eigenvalue weighted by atomic mass is 19.4. The molecule has 3 aromatic rings. The quantitative estimate of drug-likeness (QED) is 0.358. The molecule has 1 saturated heterocycles. The molecule has 0 bridgehead atoms. The second kappa shape index (κ2) is 10.6. The van der Waals surface area contributed by atoms with Gasteiger partial charge in [-0.25, -0.2) is 4.98 Å². The van der Waals surface area contributed by atoms with Gasteiger partial charge < -0.3 is 31.0 Å². The first-order valence-corrected chi connectivity index (χ1v) is 11.1. The largest absolute Gasteiger partial charge is 0.416 e. The third-order valence-corrected chi connectivity index (χ3v) is 5.52. The van der Waals surface area contributed by atoms with Crippen LogP contribution >= 0.6 is 0 Å². The number of aromatic nitrogens is 2. The van der Waals surface area contributed by atoms with Crippen molar-refractivity contribution >= 4 is 33.8 Å². The molecule has 0 spiro atoms. The standard InChI is InChI=1S/C25H25F3N6O2/c1-2-17(25(26,27)28)3-8-20(29)32-21-15-16-9-10-30-24(35)22(16)23(33-21)31-18-4-6-19(7-5-18)34-11-13-36-14-12-34/h2-10,15H,1,11-14,29H2,(H,30,35)(H2,31,32,33)/b17-3+,20-8+. The van der Waals surface area contributed by atoms with E-state index in [-0.39, 0.29) is 23.0 Å². The smallest absolute Gasteiger partial charge is 0.385 e. The van der Waals surface area contributed by atoms with Gasteiger partial charge in [0.25, 0.3) is 5.56 Å². The van der Waals surface area contributed by atoms with Crippen molar-refractivity contribution in [2.75, 3.05) is 41.8 Å². The number of nitrogens with one attached hydrogen (secondary N) is 3. The highest BCUT2D eigenvalue weighted by Crippen LogP contribution is 2.28. The van der Waals surface area contributed by atoms with Crippen LogP contribution in [0.3, 0.4) is 0 Å². The SMILES string of the molecule is C=C/C(=C\C=C(/N)Nc1cc2cc[nH]c(=O)c2c(Nc2ccc(N3CCOCC3)cc2)n1)C(F)(F)F. The number of halogens is 3. The summed E-state index contributed by atoms with van der Waals surface area (Å²) in [7, 11) is 0. The molecule has 0 unspecified atom stereocenters. The van der Waals surface area contributed by atoms with Crippen molar-refractivity contribution < 1.29 is 17.9 Å². The Labute approximate surface area is 205 Å². The van der Waals surface area contributed by atoms with E-state index in [0.29, 0.717) is 35.7 Å². The molecule has 188 valence electrons. The Morgan fingerprint density at radius 1 is 1.17 bits per heavy atom. The molecular weight excluding hydrogens is 473 g/mol. The molecular formula is C25H25F3N6O2. The van der Waals surface area contributed by atoms with Gasteiger partial charge in [0.2, 0.25) is 0 Å². The van der Waals surface area contributed by atoms with Crippen molar-refractivity contribution in [1.29, 1.82) is 0 Å². The third kappa shape index (κ3) is 5.87. The van der Waals surface area contributed by atoms with E-state index in [4.69, 9.17) is 10.5 Å². The first kappa shape index (κ1) is 24.9. The zero-order chi connectivity index (χ0) is 25.7. The summed E-state index contributed by atoms with van der Waals surface area (Å²) in [6.07, 6.45) is -0.454. The Bertz CT molecular complexity index is 1360. The van der Waals surface area contributed by atoms with Crippen molar-refractivity contribution in [3.8, 4) is 0 Å². The van der Waals surface area contributed by atoms with Crippen molar-refractivity contribution in [1.82, 2.24) is 9.97 Å². The second-order valence-corrected chi connectivity index (χ2v) is 7.97. The van der Waals surface area contributed by atoms with Crippen molar-refractivity contribution in [3.05, 3.63) is 89.1 Å². The second-order valence-electron chi connectivity index (χ2n) is 7.97. The molecule has 8 nitrogen and oxygen atoms in total. The molecule has 1 fully saturated rings. The van der Waals surface area contributed by atoms with Crippen LogP contribution in [0.4, 0.5) is 36.2 Å². The fraction of sp³-hybridized carbons (Fsp3) is 0.200. The predicted molar refractivity (Wildman–Crippen MR) is 135 cm³/mol. The van der Waals surface area contributed by atoms with Gasteiger partial charge in [-0.15, -0.1) is 0 Å². The molecule has 3 heterocycles. The Morgan fingerprint density at radius 3 is 2.56 bits per heavy atom. The summed E-state index contributed by atoms with van der Waals surface area (Å²) in [5, 5.41) is 6.83. The van der Waals surface area contributed by atoms with E-state index in [1.54, 1.807) is 12.1 Å². The number of hydrogen-bond acceptors (Lipinski definition) is 7. The Morgan fingerprint density at radius 2 is 1.89 bits per heavy atom. The van der Waals surface area contributed by atoms with Gasteiger partial charge in [0, 0.05) is 30.7 Å². The number of fused-ring (bicyclic) bond motifs is 1. The summed E-state index contributed by atoms with van der Waals surface area (Å²) >= 11 is 0. The lowest BCUT2D eigenvalue weighted by molar-refractivity contribution is -0.0881. The molecule has 0 atom stereocenters. The molecule has 11 heteroatoms. The first-order valence-electron chi connectivity index (χ1n) is 11.1. The number of H-pyrrole nitrogens is 1. The van der Waals surface area contributed by atoms with E-state index in [9.17, 15) is 18.0 Å². The number of benzene rings is 1. The zero-order valence-electron chi connectivity index (χ0n) is 19.2. The summed E-state index contributed by atoms with van der Waals surface area (Å²) in [6.45, 7) is 6.15. The molecule has 4 rings (SSSR count). The molecule has 0 amide bonds. The summed E-state index contributed by atoms with van der Waals surface area (Å²) in [6, 6.07) is 11.0. The number of morpholine rings is 1. The van der Waals surface area contributed by atoms with Crippen molar-refractivity contribution in [2.24, 2.45) is 5.73 Å². The van der Waals surface area contributed by atoms with E-state index in [1.165, 1.54) is 6.20 Å². The van der Waals surface area contributed by atoms with E-state index in [2.05, 4.69) is 32.1 Å². The average Bonchev–Trinajstić information content (AvgIpc) is 2.84. The maximum absolute atomic E-state index is 12.9. The minimum Gasteiger partial charge on any atom is -0.385 e. The molecule has 0 radical (unpaired) electrons. The maximum atomic E-state index is 12.9. The lowest BCUT2D eigenvalue weighted by Crippen LogP contribution is -2.36. The van der Waals surface area contributed by atoms with Crippen LogP contribution in [-0.4, -0.2) is 42.4 Å². The van der Waals surface area contributed by atoms with E-state index in [1.807, 2.05) is 24.3 Å². The number of rotatable bonds is 7. The number of hydrogen-bond donors (Lipinski definition) is 4. The molecule has 1 aromatic carbocycles. The van der Waals surface area contributed by atoms with Gasteiger partial charge in [-0.2, -0.15) is 13.2 Å². The lowest BCUT2D eigenvalue weighted by Gasteiger charge is -2.28. The molecule has 0 saturated carbocycles. The summed E-state index contributed by atoms with van der Waals surface area (Å²) < 4.78 is 44.1. The summed E-state index contributed by atoms with van der Waals surface area (Å²) in [5.41, 5.74) is 6.36. The number of aromatic amines is 1. The predicted octanol–water partition coefficient (Wildman–Crippen LogP) is 4.39. The molecule has 2 aromatic heterocycles. The van der Waals surface area contributed by atoms with Crippen LogP contribution in [0.1, 0.15) is 0 Å². The van der Waals surface area contributed by atoms with Gasteiger partial charge in [0.15, 0.2) is 0 Å². The minimum absolute atomic E-state index is 0.0731. The highest BCUT2D eigenvalue weighted by Gasteiger charge is 2.30. The number of nitrogens with two attached hydrogens (primary N) is 1. The zero-order valence-corrected chi connectivity index (χ0v) is 19.2. The summed E-state index contributed by atoms with van der Waals surface area (Å²) in [4.78, 5) is 21.9. The average molecular weight is 499 g/mol. The third-order valence-electron chi connectivity index (χ3n) is 5.52. The number of pyridine rings is 2. The monoisotopic (exact) mass is 498 g/mol. The Hall–Kier alpha value is -4.25. The van der Waals surface area contributed by atoms with Gasteiger partial charge in [0.1, 0.15) is 17.5 Å². The van der Waals surface area contributed by atoms with Crippen LogP contribution in [0.25, 0.3) is 10.8 Å². The molecule has 1 aliphatic rings. The summed E-state index contributed by atoms with van der Waals surface area (Å²) in [5.74, 6) is 0.437. The molecule has 5 N–H and O–H groups in total. The topological polar surface area (TPSA) is 108 Å². The van der Waals surface area contributed by atoms with Gasteiger partial charge in [-0.1, -0.05) is 12.7 Å². The lowest BCUT2D eigenvalue weighted by atomic mass is 10.2. The van der Waals surface area contributed by atoms with Crippen LogP contribution in [-0.2, 0) is 4.74 Å². The van der Waals surface area contributed by atoms with Crippen LogP contribution in [0.15, 0.2) is 83.6 Å². The van der Waals surface area contributed by atoms with Gasteiger partial charge in [-0.3, -0.25) is 4.79 Å². The number of nitrogens with zero attached hydrogens (tertiary/aromatic N) is 2. The normalized spacial score (nSPS) is 15.1. The van der Waals surface area contributed by atoms with Crippen LogP contribution < -0.4 is 26.8 Å². The van der Waals surface area contributed by atoms with Gasteiger partial charge in [0.05, 0.1) is 24.2 Å². The number of alkyl halides is 3. The fourth-order valence-electron chi connectivity index (χ4n) is 3.73. The highest BCUT2D eigenvalue weighted by molar-refractivity contribution is 5.94. The van der Waals surface area contributed by atoms with E-state index in [0.717, 1.165) is 30.9 Å². The van der Waals surface area contributed by atoms with Crippen LogP contribution in [0.2, 0.25) is 0 Å². The molecule has 36 heavy (non-hydrogen) atoms. The van der Waals surface area contributed by atoms with Crippen molar-refractivity contribution in [2.45, 2.75) is 6.18 Å². The van der Waals surface area contributed by atoms with Gasteiger partial charge in [-0.05, 0) is 53.9 Å². The van der Waals surface area contributed by atoms with E-state index < -0.39 is 11.7 Å². The van der Waals surface area contributed by atoms with Crippen LogP contribution in [0, 0.1) is 0 Å². The fourth-order valence-corrected chi connectivity index (χ4v) is 3.73. The molecule has 0 aliphatic carbocycles. The van der Waals surface area contributed by atoms with Gasteiger partial charge >= 0.3 is 6.18 Å². The first-order chi connectivity index (χ1) is 17.2. The Kier molecular flexibility index (Phi) is 7.30. The minimum atomic E-state index is -4.55. The maximum Gasteiger partial charge on any atom is 0.416 e. The molecule has 1 aliphatic heterocycles.